The molecule has 3 N–H and O–H groups in total. The highest BCUT2D eigenvalue weighted by molar-refractivity contribution is 7.13. The van der Waals surface area contributed by atoms with Gasteiger partial charge in [-0.15, -0.1) is 11.3 Å². The van der Waals surface area contributed by atoms with E-state index in [-0.39, 0.29) is 5.91 Å². The highest BCUT2D eigenvalue weighted by Gasteiger charge is 2.35. The van der Waals surface area contributed by atoms with Crippen molar-refractivity contribution in [1.29, 1.82) is 0 Å². The van der Waals surface area contributed by atoms with Crippen molar-refractivity contribution in [3.63, 3.8) is 0 Å². The van der Waals surface area contributed by atoms with Crippen molar-refractivity contribution in [3.05, 3.63) is 11.1 Å². The van der Waals surface area contributed by atoms with Gasteiger partial charge in [-0.1, -0.05) is 19.3 Å². The van der Waals surface area contributed by atoms with Gasteiger partial charge in [-0.3, -0.25) is 4.79 Å². The summed E-state index contributed by atoms with van der Waals surface area (Å²) in [5.74, 6) is -0.0819. The molecule has 1 aromatic heterocycles. The number of hydrogen-bond donors (Lipinski definition) is 2. The molecule has 88 valence electrons. The smallest absolute Gasteiger partial charge is 0.246 e. The number of aromatic nitrogens is 1. The fourth-order valence-electron chi connectivity index (χ4n) is 2.04. The standard InChI is InChI=1S/C11H17N3OS/c1-8-7-16-10(13-8)14-9(15)11(12)5-3-2-4-6-11/h7H,2-6,12H2,1H3,(H,13,14,15). The number of thiazole rings is 1. The van der Waals surface area contributed by atoms with Crippen molar-refractivity contribution in [2.24, 2.45) is 5.73 Å². The molecule has 1 aliphatic carbocycles. The Hall–Kier alpha value is -0.940. The largest absolute Gasteiger partial charge is 0.317 e. The van der Waals surface area contributed by atoms with E-state index in [4.69, 9.17) is 5.73 Å². The summed E-state index contributed by atoms with van der Waals surface area (Å²) >= 11 is 1.44. The fourth-order valence-corrected chi connectivity index (χ4v) is 2.73. The third-order valence-corrected chi connectivity index (χ3v) is 3.91. The number of hydrogen-bond acceptors (Lipinski definition) is 4. The Morgan fingerprint density at radius 1 is 1.50 bits per heavy atom. The third-order valence-electron chi connectivity index (χ3n) is 3.04. The maximum atomic E-state index is 12.0. The summed E-state index contributed by atoms with van der Waals surface area (Å²) in [6, 6.07) is 0. The summed E-state index contributed by atoms with van der Waals surface area (Å²) in [5, 5.41) is 5.38. The first-order valence-electron chi connectivity index (χ1n) is 5.63. The topological polar surface area (TPSA) is 68.0 Å². The van der Waals surface area contributed by atoms with Gasteiger partial charge < -0.3 is 11.1 Å². The molecule has 4 nitrogen and oxygen atoms in total. The van der Waals surface area contributed by atoms with Crippen molar-refractivity contribution in [2.75, 3.05) is 5.32 Å². The predicted octanol–water partition coefficient (Wildman–Crippen LogP) is 2.05. The highest BCUT2D eigenvalue weighted by atomic mass is 32.1. The Balaban J connectivity index is 2.01. The van der Waals surface area contributed by atoms with Gasteiger partial charge in [0.2, 0.25) is 5.91 Å². The Morgan fingerprint density at radius 2 is 2.19 bits per heavy atom. The second kappa shape index (κ2) is 4.51. The van der Waals surface area contributed by atoms with Crippen molar-refractivity contribution in [2.45, 2.75) is 44.6 Å². The van der Waals surface area contributed by atoms with Gasteiger partial charge in [0.1, 0.15) is 0 Å². The molecular weight excluding hydrogens is 222 g/mol. The van der Waals surface area contributed by atoms with Gasteiger partial charge >= 0.3 is 0 Å². The molecule has 0 spiro atoms. The normalized spacial score (nSPS) is 19.4. The Morgan fingerprint density at radius 3 is 2.75 bits per heavy atom. The zero-order chi connectivity index (χ0) is 11.6. The minimum Gasteiger partial charge on any atom is -0.317 e. The molecule has 1 amide bonds. The number of nitrogens with two attached hydrogens (primary N) is 1. The molecule has 1 aliphatic rings. The number of nitrogens with one attached hydrogen (secondary N) is 1. The van der Waals surface area contributed by atoms with Crippen LogP contribution in [-0.2, 0) is 4.79 Å². The minimum absolute atomic E-state index is 0.0819. The van der Waals surface area contributed by atoms with E-state index in [9.17, 15) is 4.79 Å². The first-order valence-corrected chi connectivity index (χ1v) is 6.51. The van der Waals surface area contributed by atoms with E-state index in [2.05, 4.69) is 10.3 Å². The zero-order valence-electron chi connectivity index (χ0n) is 9.45. The van der Waals surface area contributed by atoms with E-state index < -0.39 is 5.54 Å². The van der Waals surface area contributed by atoms with Crippen LogP contribution < -0.4 is 11.1 Å². The number of aryl methyl sites for hydroxylation is 1. The number of rotatable bonds is 2. The monoisotopic (exact) mass is 239 g/mol. The minimum atomic E-state index is -0.683. The lowest BCUT2D eigenvalue weighted by atomic mass is 9.82. The first-order chi connectivity index (χ1) is 7.60. The summed E-state index contributed by atoms with van der Waals surface area (Å²) in [4.78, 5) is 16.2. The van der Waals surface area contributed by atoms with Crippen LogP contribution in [0.3, 0.4) is 0 Å². The summed E-state index contributed by atoms with van der Waals surface area (Å²) in [7, 11) is 0. The molecule has 1 aromatic rings. The van der Waals surface area contributed by atoms with Crippen molar-refractivity contribution in [3.8, 4) is 0 Å². The molecule has 0 unspecified atom stereocenters. The van der Waals surface area contributed by atoms with Crippen LogP contribution in [0.25, 0.3) is 0 Å². The lowest BCUT2D eigenvalue weighted by Crippen LogP contribution is -2.52. The SMILES string of the molecule is Cc1csc(NC(=O)C2(N)CCCCC2)n1. The number of anilines is 1. The van der Waals surface area contributed by atoms with Crippen LogP contribution in [0.5, 0.6) is 0 Å². The molecule has 5 heteroatoms. The van der Waals surface area contributed by atoms with Crippen molar-refractivity contribution in [1.82, 2.24) is 4.98 Å². The van der Waals surface area contributed by atoms with E-state index in [0.717, 1.165) is 31.4 Å². The van der Waals surface area contributed by atoms with Gasteiger partial charge in [0, 0.05) is 5.38 Å². The van der Waals surface area contributed by atoms with Crippen LogP contribution in [0.2, 0.25) is 0 Å². The van der Waals surface area contributed by atoms with E-state index in [0.29, 0.717) is 5.13 Å². The molecular formula is C11H17N3OS. The molecule has 0 radical (unpaired) electrons. The van der Waals surface area contributed by atoms with Crippen molar-refractivity contribution < 1.29 is 4.79 Å². The maximum absolute atomic E-state index is 12.0. The van der Waals surface area contributed by atoms with Gasteiger partial charge in [-0.2, -0.15) is 0 Å². The van der Waals surface area contributed by atoms with Crippen LogP contribution in [0.4, 0.5) is 5.13 Å². The molecule has 1 heterocycles. The van der Waals surface area contributed by atoms with Crippen LogP contribution in [0.1, 0.15) is 37.8 Å². The first kappa shape index (κ1) is 11.5. The van der Waals surface area contributed by atoms with Gasteiger partial charge in [0.05, 0.1) is 11.2 Å². The maximum Gasteiger partial charge on any atom is 0.246 e. The van der Waals surface area contributed by atoms with Crippen LogP contribution >= 0.6 is 11.3 Å². The quantitative estimate of drug-likeness (QED) is 0.830. The second-order valence-corrected chi connectivity index (χ2v) is 5.32. The molecule has 2 rings (SSSR count). The van der Waals surface area contributed by atoms with Gasteiger partial charge in [0.15, 0.2) is 5.13 Å². The summed E-state index contributed by atoms with van der Waals surface area (Å²) < 4.78 is 0. The summed E-state index contributed by atoms with van der Waals surface area (Å²) in [5.41, 5.74) is 6.37. The fraction of sp³-hybridized carbons (Fsp3) is 0.636. The summed E-state index contributed by atoms with van der Waals surface area (Å²) in [6.45, 7) is 1.91. The average Bonchev–Trinajstić information content (AvgIpc) is 2.65. The Bertz CT molecular complexity index is 382. The predicted molar refractivity (Wildman–Crippen MR) is 65.5 cm³/mol. The number of carbonyl (C=O) groups is 1. The van der Waals surface area contributed by atoms with Crippen LogP contribution in [0.15, 0.2) is 5.38 Å². The van der Waals surface area contributed by atoms with Gasteiger partial charge in [-0.25, -0.2) is 4.98 Å². The van der Waals surface area contributed by atoms with Crippen LogP contribution in [0, 0.1) is 6.92 Å². The molecule has 0 aromatic carbocycles. The third kappa shape index (κ3) is 2.41. The van der Waals surface area contributed by atoms with Crippen molar-refractivity contribution >= 4 is 22.4 Å². The molecule has 0 saturated heterocycles. The molecule has 0 bridgehead atoms. The summed E-state index contributed by atoms with van der Waals surface area (Å²) in [6.07, 6.45) is 4.83. The molecule has 1 fully saturated rings. The van der Waals surface area contributed by atoms with E-state index in [1.165, 1.54) is 17.8 Å². The Labute approximate surface area is 99.3 Å². The number of carbonyl (C=O) groups excluding carboxylic acids is 1. The molecule has 1 saturated carbocycles. The van der Waals surface area contributed by atoms with Gasteiger partial charge in [0.25, 0.3) is 0 Å². The van der Waals surface area contributed by atoms with E-state index >= 15 is 0 Å². The molecule has 16 heavy (non-hydrogen) atoms. The number of nitrogens with zero attached hydrogens (tertiary/aromatic N) is 1. The Kier molecular flexibility index (Phi) is 3.25. The van der Waals surface area contributed by atoms with E-state index in [1.807, 2.05) is 12.3 Å². The average molecular weight is 239 g/mol. The van der Waals surface area contributed by atoms with E-state index in [1.54, 1.807) is 0 Å². The lowest BCUT2D eigenvalue weighted by molar-refractivity contribution is -0.122. The van der Waals surface area contributed by atoms with Crippen LogP contribution in [-0.4, -0.2) is 16.4 Å². The van der Waals surface area contributed by atoms with Gasteiger partial charge in [-0.05, 0) is 19.8 Å². The molecule has 0 atom stereocenters. The number of amides is 1. The zero-order valence-corrected chi connectivity index (χ0v) is 10.3. The highest BCUT2D eigenvalue weighted by Crippen LogP contribution is 2.27. The lowest BCUT2D eigenvalue weighted by Gasteiger charge is -2.31. The second-order valence-electron chi connectivity index (χ2n) is 4.46. The molecule has 0 aliphatic heterocycles.